The van der Waals surface area contributed by atoms with Gasteiger partial charge in [0.2, 0.25) is 11.8 Å². The lowest BCUT2D eigenvalue weighted by Crippen LogP contribution is -2.39. The highest BCUT2D eigenvalue weighted by Crippen LogP contribution is 2.37. The molecule has 0 spiro atoms. The number of thioether (sulfide) groups is 1. The van der Waals surface area contributed by atoms with E-state index in [2.05, 4.69) is 12.2 Å². The van der Waals surface area contributed by atoms with Gasteiger partial charge in [-0.25, -0.2) is 0 Å². The van der Waals surface area contributed by atoms with Crippen LogP contribution in [-0.2, 0) is 9.59 Å². The highest BCUT2D eigenvalue weighted by Gasteiger charge is 2.35. The number of nitrogens with two attached hydrogens (primary N) is 1. The Labute approximate surface area is 134 Å². The van der Waals surface area contributed by atoms with Gasteiger partial charge in [-0.05, 0) is 37.9 Å². The molecule has 3 unspecified atom stereocenters. The van der Waals surface area contributed by atoms with Gasteiger partial charge in [0.1, 0.15) is 0 Å². The molecular weight excluding hydrogens is 298 g/mol. The Bertz CT molecular complexity index is 593. The van der Waals surface area contributed by atoms with Crippen LogP contribution in [0.1, 0.15) is 19.8 Å². The van der Waals surface area contributed by atoms with Crippen molar-refractivity contribution in [2.24, 2.45) is 11.7 Å². The first-order valence-electron chi connectivity index (χ1n) is 7.64. The topological polar surface area (TPSA) is 75.4 Å². The van der Waals surface area contributed by atoms with Crippen LogP contribution < -0.4 is 11.1 Å². The van der Waals surface area contributed by atoms with Gasteiger partial charge in [0.05, 0.1) is 10.9 Å². The van der Waals surface area contributed by atoms with Crippen LogP contribution in [0.4, 0.5) is 5.69 Å². The molecule has 2 aliphatic heterocycles. The molecular formula is C16H21N3O2S. The van der Waals surface area contributed by atoms with Crippen molar-refractivity contribution < 1.29 is 9.59 Å². The van der Waals surface area contributed by atoms with E-state index in [0.717, 1.165) is 17.0 Å². The summed E-state index contributed by atoms with van der Waals surface area (Å²) in [5, 5.41) is 2.53. The molecule has 6 heteroatoms. The fourth-order valence-corrected chi connectivity index (χ4v) is 4.27. The van der Waals surface area contributed by atoms with Crippen molar-refractivity contribution in [2.45, 2.75) is 36.0 Å². The first kappa shape index (κ1) is 15.4. The molecule has 0 radical (unpaired) electrons. The van der Waals surface area contributed by atoms with E-state index in [4.69, 9.17) is 5.73 Å². The molecule has 3 atom stereocenters. The predicted octanol–water partition coefficient (Wildman–Crippen LogP) is 1.69. The molecule has 2 aliphatic rings. The molecule has 1 aromatic rings. The molecule has 0 aromatic heterocycles. The number of fused-ring (bicyclic) bond motifs is 1. The number of likely N-dealkylation sites (tertiary alicyclic amines) is 1. The Hall–Kier alpha value is -1.53. The predicted molar refractivity (Wildman–Crippen MR) is 87.7 cm³/mol. The standard InChI is InChI=1S/C16H21N3O2S/c1-10-6-11(8-17)9-19(10)15(20)7-14-16(21)18-12-4-2-3-5-13(12)22-14/h2-5,10-11,14H,6-9,17H2,1H3,(H,18,21). The second kappa shape index (κ2) is 6.30. The molecule has 2 amide bonds. The summed E-state index contributed by atoms with van der Waals surface area (Å²) in [7, 11) is 0. The van der Waals surface area contributed by atoms with E-state index in [1.54, 1.807) is 0 Å². The monoisotopic (exact) mass is 319 g/mol. The van der Waals surface area contributed by atoms with Crippen molar-refractivity contribution in [3.05, 3.63) is 24.3 Å². The highest BCUT2D eigenvalue weighted by atomic mass is 32.2. The maximum Gasteiger partial charge on any atom is 0.238 e. The summed E-state index contributed by atoms with van der Waals surface area (Å²) >= 11 is 1.48. The lowest BCUT2D eigenvalue weighted by molar-refractivity contribution is -0.133. The van der Waals surface area contributed by atoms with Crippen molar-refractivity contribution in [3.8, 4) is 0 Å². The van der Waals surface area contributed by atoms with E-state index in [1.165, 1.54) is 11.8 Å². The maximum atomic E-state index is 12.5. The van der Waals surface area contributed by atoms with Gasteiger partial charge in [-0.15, -0.1) is 11.8 Å². The Kier molecular flexibility index (Phi) is 4.40. The Morgan fingerprint density at radius 1 is 1.45 bits per heavy atom. The second-order valence-electron chi connectivity index (χ2n) is 6.03. The molecule has 22 heavy (non-hydrogen) atoms. The zero-order valence-corrected chi connectivity index (χ0v) is 13.4. The zero-order chi connectivity index (χ0) is 15.7. The van der Waals surface area contributed by atoms with Gasteiger partial charge in [0.15, 0.2) is 0 Å². The fraction of sp³-hybridized carbons (Fsp3) is 0.500. The number of amides is 2. The van der Waals surface area contributed by atoms with Crippen molar-refractivity contribution in [1.29, 1.82) is 0 Å². The third-order valence-electron chi connectivity index (χ3n) is 4.38. The van der Waals surface area contributed by atoms with Gasteiger partial charge < -0.3 is 16.0 Å². The van der Waals surface area contributed by atoms with Crippen LogP contribution in [-0.4, -0.2) is 41.1 Å². The number of benzene rings is 1. The van der Waals surface area contributed by atoms with Gasteiger partial charge in [-0.1, -0.05) is 12.1 Å². The molecule has 0 saturated carbocycles. The molecule has 3 rings (SSSR count). The SMILES string of the molecule is CC1CC(CN)CN1C(=O)CC1Sc2ccccc2NC1=O. The smallest absolute Gasteiger partial charge is 0.238 e. The summed E-state index contributed by atoms with van der Waals surface area (Å²) in [6, 6.07) is 7.90. The average Bonchev–Trinajstić information content (AvgIpc) is 2.89. The number of rotatable bonds is 3. The summed E-state index contributed by atoms with van der Waals surface area (Å²) in [6.45, 7) is 3.38. The summed E-state index contributed by atoms with van der Waals surface area (Å²) in [4.78, 5) is 27.6. The minimum Gasteiger partial charge on any atom is -0.340 e. The normalized spacial score (nSPS) is 27.5. The largest absolute Gasteiger partial charge is 0.340 e. The minimum absolute atomic E-state index is 0.0514. The number of anilines is 1. The summed E-state index contributed by atoms with van der Waals surface area (Å²) < 4.78 is 0. The third kappa shape index (κ3) is 2.98. The maximum absolute atomic E-state index is 12.5. The summed E-state index contributed by atoms with van der Waals surface area (Å²) in [5.74, 6) is 0.349. The van der Waals surface area contributed by atoms with Crippen molar-refractivity contribution in [1.82, 2.24) is 4.90 Å². The van der Waals surface area contributed by atoms with Crippen LogP contribution in [0.3, 0.4) is 0 Å². The lowest BCUT2D eigenvalue weighted by atomic mass is 10.1. The van der Waals surface area contributed by atoms with Crippen LogP contribution >= 0.6 is 11.8 Å². The van der Waals surface area contributed by atoms with Crippen LogP contribution in [0.5, 0.6) is 0 Å². The van der Waals surface area contributed by atoms with Gasteiger partial charge in [0, 0.05) is 23.9 Å². The second-order valence-corrected chi connectivity index (χ2v) is 7.27. The van der Waals surface area contributed by atoms with E-state index in [1.807, 2.05) is 29.2 Å². The minimum atomic E-state index is -0.355. The third-order valence-corrected chi connectivity index (χ3v) is 5.66. The Morgan fingerprint density at radius 3 is 2.95 bits per heavy atom. The van der Waals surface area contributed by atoms with Crippen LogP contribution in [0.25, 0.3) is 0 Å². The van der Waals surface area contributed by atoms with Crippen LogP contribution in [0, 0.1) is 5.92 Å². The summed E-state index contributed by atoms with van der Waals surface area (Å²) in [6.07, 6.45) is 1.20. The number of carbonyl (C=O) groups is 2. The molecule has 3 N–H and O–H groups in total. The van der Waals surface area contributed by atoms with Gasteiger partial charge in [-0.2, -0.15) is 0 Å². The van der Waals surface area contributed by atoms with E-state index in [-0.39, 0.29) is 29.5 Å². The lowest BCUT2D eigenvalue weighted by Gasteiger charge is -2.27. The number of para-hydroxylation sites is 1. The van der Waals surface area contributed by atoms with Gasteiger partial charge >= 0.3 is 0 Å². The molecule has 0 aliphatic carbocycles. The van der Waals surface area contributed by atoms with Gasteiger partial charge in [0.25, 0.3) is 0 Å². The van der Waals surface area contributed by atoms with Crippen LogP contribution in [0.2, 0.25) is 0 Å². The number of nitrogens with one attached hydrogen (secondary N) is 1. The fourth-order valence-electron chi connectivity index (χ4n) is 3.16. The van der Waals surface area contributed by atoms with Crippen molar-refractivity contribution in [3.63, 3.8) is 0 Å². The number of carbonyl (C=O) groups excluding carboxylic acids is 2. The molecule has 2 heterocycles. The first-order valence-corrected chi connectivity index (χ1v) is 8.52. The molecule has 1 saturated heterocycles. The molecule has 0 bridgehead atoms. The van der Waals surface area contributed by atoms with E-state index < -0.39 is 0 Å². The van der Waals surface area contributed by atoms with Crippen molar-refractivity contribution in [2.75, 3.05) is 18.4 Å². The van der Waals surface area contributed by atoms with E-state index >= 15 is 0 Å². The van der Waals surface area contributed by atoms with Gasteiger partial charge in [-0.3, -0.25) is 9.59 Å². The van der Waals surface area contributed by atoms with Crippen LogP contribution in [0.15, 0.2) is 29.2 Å². The molecule has 1 fully saturated rings. The van der Waals surface area contributed by atoms with E-state index in [9.17, 15) is 9.59 Å². The van der Waals surface area contributed by atoms with Crippen molar-refractivity contribution >= 4 is 29.3 Å². The Morgan fingerprint density at radius 2 is 2.23 bits per heavy atom. The van der Waals surface area contributed by atoms with E-state index in [0.29, 0.717) is 19.0 Å². The quantitative estimate of drug-likeness (QED) is 0.889. The highest BCUT2D eigenvalue weighted by molar-refractivity contribution is 8.01. The molecule has 118 valence electrons. The summed E-state index contributed by atoms with van der Waals surface area (Å²) in [5.41, 5.74) is 6.54. The number of hydrogen-bond donors (Lipinski definition) is 2. The molecule has 1 aromatic carbocycles. The Balaban J connectivity index is 1.66. The zero-order valence-electron chi connectivity index (χ0n) is 12.6. The first-order chi connectivity index (χ1) is 10.6. The molecule has 5 nitrogen and oxygen atoms in total. The number of hydrogen-bond acceptors (Lipinski definition) is 4. The average molecular weight is 319 g/mol. The number of nitrogens with zero attached hydrogens (tertiary/aromatic N) is 1.